The lowest BCUT2D eigenvalue weighted by Gasteiger charge is -2.34. The second-order valence-corrected chi connectivity index (χ2v) is 8.78. The molecule has 1 rings (SSSR count). The number of hydrogen-bond acceptors (Lipinski definition) is 3. The van der Waals surface area contributed by atoms with Crippen LogP contribution >= 0.6 is 0 Å². The summed E-state index contributed by atoms with van der Waals surface area (Å²) >= 11 is 0. The molecule has 1 saturated carbocycles. The van der Waals surface area contributed by atoms with Crippen molar-refractivity contribution < 1.29 is 8.42 Å². The maximum Gasteiger partial charge on any atom is 0.150 e. The van der Waals surface area contributed by atoms with E-state index in [2.05, 4.69) is 26.1 Å². The summed E-state index contributed by atoms with van der Waals surface area (Å²) in [5.74, 6) is 1.19. The topological polar surface area (TPSA) is 46.2 Å². The zero-order valence-electron chi connectivity index (χ0n) is 12.3. The predicted molar refractivity (Wildman–Crippen MR) is 77.5 cm³/mol. The summed E-state index contributed by atoms with van der Waals surface area (Å²) < 4.78 is 23.0. The zero-order valence-corrected chi connectivity index (χ0v) is 13.1. The maximum absolute atomic E-state index is 11.5. The Morgan fingerprint density at radius 3 is 2.39 bits per heavy atom. The first kappa shape index (κ1) is 16.0. The fourth-order valence-electron chi connectivity index (χ4n) is 2.09. The molecule has 1 aliphatic carbocycles. The van der Waals surface area contributed by atoms with Crippen LogP contribution in [0.5, 0.6) is 0 Å². The Kier molecular flexibility index (Phi) is 5.66. The highest BCUT2D eigenvalue weighted by atomic mass is 32.2. The molecule has 0 saturated heterocycles. The van der Waals surface area contributed by atoms with Crippen LogP contribution in [0.2, 0.25) is 0 Å². The zero-order chi connectivity index (χ0) is 13.8. The minimum absolute atomic E-state index is 0.214. The molecule has 1 atom stereocenters. The molecule has 0 aromatic carbocycles. The van der Waals surface area contributed by atoms with Gasteiger partial charge < -0.3 is 5.32 Å². The average molecular weight is 275 g/mol. The summed E-state index contributed by atoms with van der Waals surface area (Å²) in [5, 5.41) is 3.59. The van der Waals surface area contributed by atoms with Gasteiger partial charge >= 0.3 is 0 Å². The molecule has 0 bridgehead atoms. The molecule has 0 radical (unpaired) electrons. The van der Waals surface area contributed by atoms with E-state index in [1.807, 2.05) is 0 Å². The molecular formula is C14H29NO2S. The molecule has 108 valence electrons. The lowest BCUT2D eigenvalue weighted by molar-refractivity contribution is 0.189. The molecule has 3 nitrogen and oxygen atoms in total. The highest BCUT2D eigenvalue weighted by molar-refractivity contribution is 7.91. The van der Waals surface area contributed by atoms with Crippen molar-refractivity contribution in [3.05, 3.63) is 0 Å². The normalized spacial score (nSPS) is 20.1. The van der Waals surface area contributed by atoms with Crippen molar-refractivity contribution in [2.75, 3.05) is 18.1 Å². The number of nitrogens with one attached hydrogen (secondary N) is 1. The van der Waals surface area contributed by atoms with Crippen LogP contribution in [0.25, 0.3) is 0 Å². The molecule has 0 aliphatic heterocycles. The van der Waals surface area contributed by atoms with Crippen molar-refractivity contribution >= 4 is 9.84 Å². The van der Waals surface area contributed by atoms with Gasteiger partial charge in [-0.15, -0.1) is 0 Å². The van der Waals surface area contributed by atoms with Gasteiger partial charge in [0.2, 0.25) is 0 Å². The molecular weight excluding hydrogens is 246 g/mol. The van der Waals surface area contributed by atoms with Gasteiger partial charge in [-0.25, -0.2) is 8.42 Å². The molecule has 4 heteroatoms. The fraction of sp³-hybridized carbons (Fsp3) is 1.00. The van der Waals surface area contributed by atoms with Crippen LogP contribution < -0.4 is 5.32 Å². The molecule has 1 aliphatic rings. The van der Waals surface area contributed by atoms with Crippen molar-refractivity contribution in [3.63, 3.8) is 0 Å². The molecule has 1 N–H and O–H groups in total. The summed E-state index contributed by atoms with van der Waals surface area (Å²) in [5.41, 5.74) is 0.214. The Bertz CT molecular complexity index is 347. The Morgan fingerprint density at radius 1 is 1.33 bits per heavy atom. The quantitative estimate of drug-likeness (QED) is 0.703. The van der Waals surface area contributed by atoms with Gasteiger partial charge in [0.25, 0.3) is 0 Å². The van der Waals surface area contributed by atoms with Crippen molar-refractivity contribution in [2.24, 2.45) is 11.3 Å². The Labute approximate surface area is 113 Å². The molecule has 0 aromatic heterocycles. The van der Waals surface area contributed by atoms with Gasteiger partial charge in [0.1, 0.15) is 9.84 Å². The highest BCUT2D eigenvalue weighted by Gasteiger charge is 2.31. The second-order valence-electron chi connectivity index (χ2n) is 6.30. The number of rotatable bonds is 9. The van der Waals surface area contributed by atoms with Crippen LogP contribution in [0.4, 0.5) is 0 Å². The average Bonchev–Trinajstić information content (AvgIpc) is 3.10. The van der Waals surface area contributed by atoms with Crippen LogP contribution in [0.3, 0.4) is 0 Å². The van der Waals surface area contributed by atoms with Gasteiger partial charge in [-0.3, -0.25) is 0 Å². The van der Waals surface area contributed by atoms with E-state index in [1.54, 1.807) is 6.92 Å². The van der Waals surface area contributed by atoms with Crippen LogP contribution in [-0.4, -0.2) is 32.5 Å². The van der Waals surface area contributed by atoms with E-state index in [9.17, 15) is 8.42 Å². The Morgan fingerprint density at radius 2 is 1.94 bits per heavy atom. The van der Waals surface area contributed by atoms with Gasteiger partial charge in [-0.2, -0.15) is 0 Å². The largest absolute Gasteiger partial charge is 0.313 e. The van der Waals surface area contributed by atoms with Crippen molar-refractivity contribution in [2.45, 2.75) is 59.4 Å². The monoisotopic (exact) mass is 275 g/mol. The summed E-state index contributed by atoms with van der Waals surface area (Å²) in [6, 6.07) is 0.724. The molecule has 1 fully saturated rings. The third-order valence-corrected chi connectivity index (χ3v) is 6.20. The van der Waals surface area contributed by atoms with Gasteiger partial charge in [-0.05, 0) is 37.0 Å². The number of sulfone groups is 1. The van der Waals surface area contributed by atoms with Crippen LogP contribution in [0.1, 0.15) is 53.4 Å². The second kappa shape index (κ2) is 6.38. The van der Waals surface area contributed by atoms with E-state index in [4.69, 9.17) is 0 Å². The third-order valence-electron chi connectivity index (χ3n) is 4.41. The van der Waals surface area contributed by atoms with Crippen LogP contribution in [-0.2, 0) is 9.84 Å². The first-order chi connectivity index (χ1) is 8.29. The van der Waals surface area contributed by atoms with Crippen LogP contribution in [0, 0.1) is 11.3 Å². The van der Waals surface area contributed by atoms with Crippen molar-refractivity contribution in [1.82, 2.24) is 5.32 Å². The summed E-state index contributed by atoms with van der Waals surface area (Å²) in [6.45, 7) is 9.50. The Hall–Kier alpha value is -0.0900. The lowest BCUT2D eigenvalue weighted by Crippen LogP contribution is -2.37. The SMILES string of the molecule is CCS(=O)(=O)CCCC(C)(CNC1CC1)C(C)C. The number of hydrogen-bond donors (Lipinski definition) is 1. The van der Waals surface area contributed by atoms with Crippen LogP contribution in [0.15, 0.2) is 0 Å². The summed E-state index contributed by atoms with van der Waals surface area (Å²) in [4.78, 5) is 0. The van der Waals surface area contributed by atoms with E-state index in [0.29, 0.717) is 11.7 Å². The minimum Gasteiger partial charge on any atom is -0.313 e. The first-order valence-corrected chi connectivity index (χ1v) is 9.05. The van der Waals surface area contributed by atoms with Gasteiger partial charge in [0.15, 0.2) is 0 Å². The van der Waals surface area contributed by atoms with E-state index < -0.39 is 9.84 Å². The van der Waals surface area contributed by atoms with Crippen molar-refractivity contribution in [1.29, 1.82) is 0 Å². The molecule has 18 heavy (non-hydrogen) atoms. The minimum atomic E-state index is -2.81. The summed E-state index contributed by atoms with van der Waals surface area (Å²) in [6.07, 6.45) is 4.39. The molecule has 0 heterocycles. The van der Waals surface area contributed by atoms with Crippen molar-refractivity contribution in [3.8, 4) is 0 Å². The van der Waals surface area contributed by atoms with Gasteiger partial charge in [0, 0.05) is 18.3 Å². The molecule has 0 spiro atoms. The smallest absolute Gasteiger partial charge is 0.150 e. The van der Waals surface area contributed by atoms with E-state index in [-0.39, 0.29) is 11.2 Å². The first-order valence-electron chi connectivity index (χ1n) is 7.23. The van der Waals surface area contributed by atoms with E-state index in [0.717, 1.165) is 25.4 Å². The highest BCUT2D eigenvalue weighted by Crippen LogP contribution is 2.33. The van der Waals surface area contributed by atoms with Gasteiger partial charge in [0.05, 0.1) is 5.75 Å². The third kappa shape index (κ3) is 5.27. The maximum atomic E-state index is 11.5. The van der Waals surface area contributed by atoms with E-state index in [1.165, 1.54) is 12.8 Å². The molecule has 0 aromatic rings. The Balaban J connectivity index is 2.40. The lowest BCUT2D eigenvalue weighted by atomic mass is 9.75. The van der Waals surface area contributed by atoms with Gasteiger partial charge in [-0.1, -0.05) is 27.7 Å². The van der Waals surface area contributed by atoms with E-state index >= 15 is 0 Å². The fourth-order valence-corrected chi connectivity index (χ4v) is 2.96. The summed E-state index contributed by atoms with van der Waals surface area (Å²) in [7, 11) is -2.81. The molecule has 1 unspecified atom stereocenters. The predicted octanol–water partition coefficient (Wildman–Crippen LogP) is 2.62. The standard InChI is InChI=1S/C14H29NO2S/c1-5-18(16,17)10-6-9-14(4,12(2)3)11-15-13-7-8-13/h12-13,15H,5-11H2,1-4H3. The molecule has 0 amide bonds.